The maximum absolute atomic E-state index is 12.7. The van der Waals surface area contributed by atoms with Gasteiger partial charge in [-0.25, -0.2) is 4.79 Å². The molecule has 1 N–H and O–H groups in total. The predicted octanol–water partition coefficient (Wildman–Crippen LogP) is 3.21. The van der Waals surface area contributed by atoms with Crippen LogP contribution in [-0.4, -0.2) is 32.6 Å². The highest BCUT2D eigenvalue weighted by Gasteiger charge is 2.15. The Hall–Kier alpha value is -4.49. The second-order valence-electron chi connectivity index (χ2n) is 7.00. The highest BCUT2D eigenvalue weighted by atomic mass is 32.2. The zero-order valence-corrected chi connectivity index (χ0v) is 18.5. The van der Waals surface area contributed by atoms with Gasteiger partial charge in [0.15, 0.2) is 6.73 Å². The number of esters is 1. The Morgan fingerprint density at radius 3 is 2.71 bits per heavy atom. The lowest BCUT2D eigenvalue weighted by atomic mass is 10.2. The number of aromatic nitrogens is 3. The van der Waals surface area contributed by atoms with Crippen molar-refractivity contribution in [3.63, 3.8) is 0 Å². The summed E-state index contributed by atoms with van der Waals surface area (Å²) in [5.41, 5.74) is 1.24. The molecule has 10 heteroatoms. The molecule has 0 radical (unpaired) electrons. The second-order valence-corrected chi connectivity index (χ2v) is 8.01. The van der Waals surface area contributed by atoms with Crippen molar-refractivity contribution in [1.82, 2.24) is 15.0 Å². The third kappa shape index (κ3) is 5.28. The molecule has 0 saturated carbocycles. The van der Waals surface area contributed by atoms with Crippen LogP contribution in [0.15, 0.2) is 82.5 Å². The minimum atomic E-state index is -0.660. The normalized spacial score (nSPS) is 10.4. The van der Waals surface area contributed by atoms with Crippen LogP contribution >= 0.6 is 11.8 Å². The number of amides is 1. The van der Waals surface area contributed by atoms with Crippen molar-refractivity contribution in [2.75, 3.05) is 11.1 Å². The van der Waals surface area contributed by atoms with Gasteiger partial charge in [0.2, 0.25) is 5.91 Å². The van der Waals surface area contributed by atoms with Crippen molar-refractivity contribution < 1.29 is 14.3 Å². The minimum Gasteiger partial charge on any atom is -0.439 e. The Balaban J connectivity index is 1.40. The highest BCUT2D eigenvalue weighted by Crippen LogP contribution is 2.24. The lowest BCUT2D eigenvalue weighted by Gasteiger charge is -2.10. The van der Waals surface area contributed by atoms with Crippen LogP contribution in [0, 0.1) is 11.3 Å². The van der Waals surface area contributed by atoms with Crippen LogP contribution in [0.1, 0.15) is 15.9 Å². The van der Waals surface area contributed by atoms with Crippen LogP contribution in [0.4, 0.5) is 5.69 Å². The second kappa shape index (κ2) is 10.4. The molecule has 34 heavy (non-hydrogen) atoms. The Morgan fingerprint density at radius 2 is 1.85 bits per heavy atom. The molecule has 1 amide bonds. The number of carbonyl (C=O) groups excluding carboxylic acids is 2. The summed E-state index contributed by atoms with van der Waals surface area (Å²) in [5, 5.41) is 19.8. The maximum atomic E-state index is 12.7. The van der Waals surface area contributed by atoms with Crippen molar-refractivity contribution in [2.24, 2.45) is 0 Å². The van der Waals surface area contributed by atoms with E-state index in [9.17, 15) is 14.4 Å². The Kier molecular flexibility index (Phi) is 6.95. The number of nitrogens with zero attached hydrogens (tertiary/aromatic N) is 4. The van der Waals surface area contributed by atoms with Crippen LogP contribution in [0.5, 0.6) is 0 Å². The van der Waals surface area contributed by atoms with E-state index in [1.807, 2.05) is 6.07 Å². The number of fused-ring (bicyclic) bond motifs is 1. The van der Waals surface area contributed by atoms with Gasteiger partial charge in [-0.1, -0.05) is 35.5 Å². The van der Waals surface area contributed by atoms with E-state index < -0.39 is 18.3 Å². The van der Waals surface area contributed by atoms with Gasteiger partial charge in [0, 0.05) is 10.6 Å². The molecule has 4 rings (SSSR count). The van der Waals surface area contributed by atoms with Crippen molar-refractivity contribution in [3.05, 3.63) is 94.3 Å². The quantitative estimate of drug-likeness (QED) is 0.322. The summed E-state index contributed by atoms with van der Waals surface area (Å²) in [6.45, 7) is -0.399. The molecular weight excluding hydrogens is 454 g/mol. The lowest BCUT2D eigenvalue weighted by Crippen LogP contribution is -2.26. The molecule has 168 valence electrons. The number of nitrogens with one attached hydrogen (secondary N) is 1. The van der Waals surface area contributed by atoms with Crippen LogP contribution in [-0.2, 0) is 16.3 Å². The first-order valence-electron chi connectivity index (χ1n) is 10.1. The average molecular weight is 471 g/mol. The molecule has 0 aliphatic heterocycles. The van der Waals surface area contributed by atoms with Crippen molar-refractivity contribution >= 4 is 40.2 Å². The van der Waals surface area contributed by atoms with Crippen LogP contribution < -0.4 is 10.9 Å². The molecule has 3 aromatic carbocycles. The summed E-state index contributed by atoms with van der Waals surface area (Å²) in [4.78, 5) is 38.1. The summed E-state index contributed by atoms with van der Waals surface area (Å²) >= 11 is 1.16. The van der Waals surface area contributed by atoms with E-state index in [0.717, 1.165) is 16.4 Å². The van der Waals surface area contributed by atoms with E-state index in [1.165, 1.54) is 0 Å². The summed E-state index contributed by atoms with van der Waals surface area (Å²) < 4.78 is 6.26. The van der Waals surface area contributed by atoms with Crippen molar-refractivity contribution in [1.29, 1.82) is 5.26 Å². The summed E-state index contributed by atoms with van der Waals surface area (Å²) in [7, 11) is 0. The van der Waals surface area contributed by atoms with E-state index in [4.69, 9.17) is 10.00 Å². The molecule has 0 fully saturated rings. The van der Waals surface area contributed by atoms with Gasteiger partial charge >= 0.3 is 5.97 Å². The van der Waals surface area contributed by atoms with E-state index in [-0.39, 0.29) is 17.2 Å². The van der Waals surface area contributed by atoms with Gasteiger partial charge in [-0.05, 0) is 42.5 Å². The molecule has 0 saturated heterocycles. The predicted molar refractivity (Wildman–Crippen MR) is 126 cm³/mol. The van der Waals surface area contributed by atoms with Crippen LogP contribution in [0.25, 0.3) is 10.9 Å². The topological polar surface area (TPSA) is 127 Å². The van der Waals surface area contributed by atoms with Gasteiger partial charge in [0.1, 0.15) is 5.52 Å². The molecule has 1 aromatic heterocycles. The standard InChI is InChI=1S/C24H17N5O4S/c25-13-16-6-5-7-17(12-16)26-22(30)14-34-21-11-4-2-9-19(21)24(32)33-15-29-23(31)18-8-1-3-10-20(18)27-28-29/h1-12H,14-15H2,(H,26,30). The summed E-state index contributed by atoms with van der Waals surface area (Å²) in [5.74, 6) is -0.912. The Morgan fingerprint density at radius 1 is 1.06 bits per heavy atom. The number of nitriles is 1. The largest absolute Gasteiger partial charge is 0.439 e. The number of anilines is 1. The van der Waals surface area contributed by atoms with Crippen molar-refractivity contribution in [2.45, 2.75) is 11.6 Å². The molecule has 0 spiro atoms. The molecule has 9 nitrogen and oxygen atoms in total. The molecule has 0 bridgehead atoms. The van der Waals surface area contributed by atoms with Crippen LogP contribution in [0.3, 0.4) is 0 Å². The van der Waals surface area contributed by atoms with Crippen molar-refractivity contribution in [3.8, 4) is 6.07 Å². The first-order valence-corrected chi connectivity index (χ1v) is 11.1. The van der Waals surface area contributed by atoms with E-state index in [1.54, 1.807) is 72.8 Å². The Bertz CT molecular complexity index is 1480. The first-order chi connectivity index (χ1) is 16.5. The van der Waals surface area contributed by atoms with E-state index in [2.05, 4.69) is 15.6 Å². The molecule has 0 aliphatic rings. The highest BCUT2D eigenvalue weighted by molar-refractivity contribution is 8.00. The fraction of sp³-hybridized carbons (Fsp3) is 0.0833. The smallest absolute Gasteiger partial charge is 0.341 e. The molecular formula is C24H17N5O4S. The number of rotatable bonds is 7. The molecule has 0 atom stereocenters. The summed E-state index contributed by atoms with van der Waals surface area (Å²) in [6, 6.07) is 22.1. The number of hydrogen-bond donors (Lipinski definition) is 1. The maximum Gasteiger partial charge on any atom is 0.341 e. The molecule has 0 aliphatic carbocycles. The molecule has 4 aromatic rings. The van der Waals surface area contributed by atoms with Gasteiger partial charge < -0.3 is 10.1 Å². The fourth-order valence-electron chi connectivity index (χ4n) is 3.07. The molecule has 0 unspecified atom stereocenters. The lowest BCUT2D eigenvalue weighted by molar-refractivity contribution is -0.113. The van der Waals surface area contributed by atoms with Gasteiger partial charge in [0.05, 0.1) is 28.3 Å². The van der Waals surface area contributed by atoms with E-state index in [0.29, 0.717) is 27.0 Å². The number of hydrogen-bond acceptors (Lipinski definition) is 8. The minimum absolute atomic E-state index is 0.0384. The fourth-order valence-corrected chi connectivity index (χ4v) is 3.91. The monoisotopic (exact) mass is 471 g/mol. The van der Waals surface area contributed by atoms with Gasteiger partial charge in [-0.3, -0.25) is 9.59 Å². The molecule has 1 heterocycles. The number of thioether (sulfide) groups is 1. The van der Waals surface area contributed by atoms with Gasteiger partial charge in [0.25, 0.3) is 5.56 Å². The third-order valence-electron chi connectivity index (χ3n) is 4.69. The zero-order valence-electron chi connectivity index (χ0n) is 17.7. The first kappa shape index (κ1) is 22.7. The summed E-state index contributed by atoms with van der Waals surface area (Å²) in [6.07, 6.45) is 0. The average Bonchev–Trinajstić information content (AvgIpc) is 2.87. The Labute approximate surface area is 198 Å². The van der Waals surface area contributed by atoms with Crippen LogP contribution in [0.2, 0.25) is 0 Å². The number of ether oxygens (including phenoxy) is 1. The SMILES string of the molecule is N#Cc1cccc(NC(=O)CSc2ccccc2C(=O)OCn2nnc3ccccc3c2=O)c1. The number of carbonyl (C=O) groups is 2. The zero-order chi connectivity index (χ0) is 23.9. The third-order valence-corrected chi connectivity index (χ3v) is 5.76. The number of benzene rings is 3. The van der Waals surface area contributed by atoms with Gasteiger partial charge in [-0.15, -0.1) is 16.9 Å². The van der Waals surface area contributed by atoms with E-state index >= 15 is 0 Å². The van der Waals surface area contributed by atoms with Gasteiger partial charge in [-0.2, -0.15) is 9.94 Å².